The van der Waals surface area contributed by atoms with Crippen molar-refractivity contribution in [3.8, 4) is 17.2 Å². The van der Waals surface area contributed by atoms with Crippen molar-refractivity contribution < 1.29 is 32.2 Å². The number of halogens is 3. The van der Waals surface area contributed by atoms with Gasteiger partial charge < -0.3 is 14.2 Å². The van der Waals surface area contributed by atoms with Crippen LogP contribution in [0.1, 0.15) is 22.3 Å². The fourth-order valence-corrected chi connectivity index (χ4v) is 2.31. The summed E-state index contributed by atoms with van der Waals surface area (Å²) in [5, 5.41) is 0. The molecule has 2 aromatic rings. The minimum absolute atomic E-state index is 0.144. The lowest BCUT2D eigenvalue weighted by atomic mass is 10.0. The quantitative estimate of drug-likeness (QED) is 0.691. The first-order chi connectivity index (χ1) is 11.8. The standard InChI is InChI=1S/C18H17F3O4/c1-23-16-9-7-13(11-17(16)24-2)15(22)8-6-12-4-3-5-14(10-12)25-18(19,20)21/h3-5,7,9-11H,6,8H2,1-2H3. The number of methoxy groups -OCH3 is 2. The van der Waals surface area contributed by atoms with Crippen LogP contribution in [-0.2, 0) is 6.42 Å². The van der Waals surface area contributed by atoms with Crippen LogP contribution in [0.4, 0.5) is 13.2 Å². The van der Waals surface area contributed by atoms with Crippen molar-refractivity contribution in [3.05, 3.63) is 53.6 Å². The number of alkyl halides is 3. The van der Waals surface area contributed by atoms with Gasteiger partial charge in [0.15, 0.2) is 17.3 Å². The minimum Gasteiger partial charge on any atom is -0.493 e. The van der Waals surface area contributed by atoms with Gasteiger partial charge in [-0.1, -0.05) is 12.1 Å². The molecule has 0 saturated carbocycles. The van der Waals surface area contributed by atoms with Crippen molar-refractivity contribution in [3.63, 3.8) is 0 Å². The van der Waals surface area contributed by atoms with Crippen LogP contribution in [0.2, 0.25) is 0 Å². The monoisotopic (exact) mass is 354 g/mol. The van der Waals surface area contributed by atoms with Gasteiger partial charge in [0.1, 0.15) is 5.75 Å². The summed E-state index contributed by atoms with van der Waals surface area (Å²) in [5.74, 6) is 0.497. The van der Waals surface area contributed by atoms with E-state index < -0.39 is 6.36 Å². The van der Waals surface area contributed by atoms with Gasteiger partial charge in [0.05, 0.1) is 14.2 Å². The van der Waals surface area contributed by atoms with Gasteiger partial charge in [0, 0.05) is 12.0 Å². The molecule has 0 aliphatic rings. The second kappa shape index (κ2) is 7.92. The van der Waals surface area contributed by atoms with Crippen LogP contribution < -0.4 is 14.2 Å². The zero-order chi connectivity index (χ0) is 18.4. The molecule has 0 heterocycles. The Morgan fingerprint density at radius 1 is 1.00 bits per heavy atom. The Bertz CT molecular complexity index is 741. The number of rotatable bonds is 7. The van der Waals surface area contributed by atoms with Crippen LogP contribution in [0.25, 0.3) is 0 Å². The zero-order valence-corrected chi connectivity index (χ0v) is 13.7. The van der Waals surface area contributed by atoms with Crippen LogP contribution in [-0.4, -0.2) is 26.4 Å². The second-order valence-corrected chi connectivity index (χ2v) is 5.19. The molecule has 134 valence electrons. The topological polar surface area (TPSA) is 44.8 Å². The van der Waals surface area contributed by atoms with E-state index in [0.29, 0.717) is 29.0 Å². The van der Waals surface area contributed by atoms with Gasteiger partial charge in [0.2, 0.25) is 0 Å². The van der Waals surface area contributed by atoms with Crippen LogP contribution in [0, 0.1) is 0 Å². The fraction of sp³-hybridized carbons (Fsp3) is 0.278. The van der Waals surface area contributed by atoms with Crippen molar-refractivity contribution in [1.82, 2.24) is 0 Å². The van der Waals surface area contributed by atoms with E-state index in [1.165, 1.54) is 32.4 Å². The summed E-state index contributed by atoms with van der Waals surface area (Å²) in [7, 11) is 2.97. The maximum absolute atomic E-state index is 12.3. The summed E-state index contributed by atoms with van der Waals surface area (Å²) in [4.78, 5) is 12.3. The third kappa shape index (κ3) is 5.41. The van der Waals surface area contributed by atoms with E-state index in [2.05, 4.69) is 4.74 Å². The van der Waals surface area contributed by atoms with Crippen LogP contribution >= 0.6 is 0 Å². The third-order valence-corrected chi connectivity index (χ3v) is 3.48. The summed E-state index contributed by atoms with van der Waals surface area (Å²) in [5.41, 5.74) is 1.02. The van der Waals surface area contributed by atoms with Gasteiger partial charge >= 0.3 is 6.36 Å². The first-order valence-electron chi connectivity index (χ1n) is 7.42. The molecule has 25 heavy (non-hydrogen) atoms. The molecule has 2 aromatic carbocycles. The number of benzene rings is 2. The summed E-state index contributed by atoms with van der Waals surface area (Å²) < 4.78 is 50.9. The number of Topliss-reactive ketones (excluding diaryl/α,β-unsaturated/α-hetero) is 1. The highest BCUT2D eigenvalue weighted by Gasteiger charge is 2.31. The average molecular weight is 354 g/mol. The highest BCUT2D eigenvalue weighted by molar-refractivity contribution is 5.96. The van der Waals surface area contributed by atoms with Crippen molar-refractivity contribution >= 4 is 5.78 Å². The Labute approximate surface area is 143 Å². The predicted molar refractivity (Wildman–Crippen MR) is 85.3 cm³/mol. The fourth-order valence-electron chi connectivity index (χ4n) is 2.31. The van der Waals surface area contributed by atoms with E-state index in [1.807, 2.05) is 0 Å². The molecule has 0 aliphatic heterocycles. The highest BCUT2D eigenvalue weighted by Crippen LogP contribution is 2.28. The van der Waals surface area contributed by atoms with Crippen molar-refractivity contribution in [2.75, 3.05) is 14.2 Å². The van der Waals surface area contributed by atoms with Crippen LogP contribution in [0.5, 0.6) is 17.2 Å². The number of ketones is 1. The van der Waals surface area contributed by atoms with Crippen LogP contribution in [0.15, 0.2) is 42.5 Å². The molecule has 0 amide bonds. The molecule has 0 N–H and O–H groups in total. The maximum atomic E-state index is 12.3. The molecule has 0 unspecified atom stereocenters. The highest BCUT2D eigenvalue weighted by atomic mass is 19.4. The first kappa shape index (κ1) is 18.6. The number of ether oxygens (including phenoxy) is 3. The Hall–Kier alpha value is -2.70. The smallest absolute Gasteiger partial charge is 0.493 e. The van der Waals surface area contributed by atoms with Gasteiger partial charge in [-0.15, -0.1) is 13.2 Å². The zero-order valence-electron chi connectivity index (χ0n) is 13.7. The molecule has 0 atom stereocenters. The Morgan fingerprint density at radius 2 is 1.72 bits per heavy atom. The first-order valence-corrected chi connectivity index (χ1v) is 7.42. The Balaban J connectivity index is 2.04. The predicted octanol–water partition coefficient (Wildman–Crippen LogP) is 4.42. The van der Waals surface area contributed by atoms with E-state index >= 15 is 0 Å². The number of hydrogen-bond donors (Lipinski definition) is 0. The molecule has 0 bridgehead atoms. The van der Waals surface area contributed by atoms with E-state index in [1.54, 1.807) is 24.3 Å². The van der Waals surface area contributed by atoms with Crippen LogP contribution in [0.3, 0.4) is 0 Å². The molecule has 2 rings (SSSR count). The molecule has 0 aliphatic carbocycles. The Kier molecular flexibility index (Phi) is 5.90. The molecule has 7 heteroatoms. The average Bonchev–Trinajstić information content (AvgIpc) is 2.57. The second-order valence-electron chi connectivity index (χ2n) is 5.19. The number of carbonyl (C=O) groups is 1. The number of carbonyl (C=O) groups excluding carboxylic acids is 1. The molecule has 0 saturated heterocycles. The molecular formula is C18H17F3O4. The lowest BCUT2D eigenvalue weighted by Gasteiger charge is -2.10. The van der Waals surface area contributed by atoms with E-state index in [9.17, 15) is 18.0 Å². The summed E-state index contributed by atoms with van der Waals surface area (Å²) in [6.45, 7) is 0. The van der Waals surface area contributed by atoms with Crippen molar-refractivity contribution in [2.45, 2.75) is 19.2 Å². The van der Waals surface area contributed by atoms with Crippen molar-refractivity contribution in [2.24, 2.45) is 0 Å². The van der Waals surface area contributed by atoms with E-state index in [0.717, 1.165) is 0 Å². The lowest BCUT2D eigenvalue weighted by Crippen LogP contribution is -2.17. The molecule has 4 nitrogen and oxygen atoms in total. The largest absolute Gasteiger partial charge is 0.573 e. The van der Waals surface area contributed by atoms with E-state index in [-0.39, 0.29) is 18.0 Å². The number of aryl methyl sites for hydroxylation is 1. The Morgan fingerprint density at radius 3 is 2.36 bits per heavy atom. The van der Waals surface area contributed by atoms with Gasteiger partial charge in [-0.25, -0.2) is 0 Å². The summed E-state index contributed by atoms with van der Waals surface area (Å²) >= 11 is 0. The molecule has 0 radical (unpaired) electrons. The van der Waals surface area contributed by atoms with Crippen molar-refractivity contribution in [1.29, 1.82) is 0 Å². The normalized spacial score (nSPS) is 11.1. The minimum atomic E-state index is -4.74. The lowest BCUT2D eigenvalue weighted by molar-refractivity contribution is -0.274. The summed E-state index contributed by atoms with van der Waals surface area (Å²) in [6.07, 6.45) is -4.30. The molecule has 0 spiro atoms. The third-order valence-electron chi connectivity index (χ3n) is 3.48. The summed E-state index contributed by atoms with van der Waals surface area (Å²) in [6, 6.07) is 10.4. The van der Waals surface area contributed by atoms with E-state index in [4.69, 9.17) is 9.47 Å². The molecular weight excluding hydrogens is 337 g/mol. The van der Waals surface area contributed by atoms with Gasteiger partial charge in [-0.3, -0.25) is 4.79 Å². The van der Waals surface area contributed by atoms with Gasteiger partial charge in [0.25, 0.3) is 0 Å². The molecule has 0 fully saturated rings. The number of hydrogen-bond acceptors (Lipinski definition) is 4. The SMILES string of the molecule is COc1ccc(C(=O)CCc2cccc(OC(F)(F)F)c2)cc1OC. The maximum Gasteiger partial charge on any atom is 0.573 e. The van der Waals surface area contributed by atoms with Gasteiger partial charge in [-0.2, -0.15) is 0 Å². The van der Waals surface area contributed by atoms with Gasteiger partial charge in [-0.05, 0) is 42.3 Å². The molecule has 0 aromatic heterocycles.